The van der Waals surface area contributed by atoms with Gasteiger partial charge in [0.05, 0.1) is 22.4 Å². The predicted molar refractivity (Wildman–Crippen MR) is 290 cm³/mol. The van der Waals surface area contributed by atoms with Gasteiger partial charge in [0.2, 0.25) is 5.71 Å². The predicted octanol–water partition coefficient (Wildman–Crippen LogP) is 16.6. The number of furan rings is 1. The Balaban J connectivity index is 0.000000257. The van der Waals surface area contributed by atoms with Crippen molar-refractivity contribution in [3.63, 3.8) is 0 Å². The molecular formula is C62H64GeIrN4O-2. The van der Waals surface area contributed by atoms with Crippen molar-refractivity contribution in [2.24, 2.45) is 5.92 Å². The van der Waals surface area contributed by atoms with Crippen molar-refractivity contribution >= 4 is 61.5 Å². The molecule has 0 aliphatic carbocycles. The number of imidazole rings is 1. The van der Waals surface area contributed by atoms with E-state index >= 15 is 0 Å². The minimum atomic E-state index is -1.86. The van der Waals surface area contributed by atoms with E-state index in [9.17, 15) is 0 Å². The van der Waals surface area contributed by atoms with Gasteiger partial charge in [-0.15, -0.1) is 17.7 Å². The van der Waals surface area contributed by atoms with Crippen molar-refractivity contribution in [2.75, 3.05) is 0 Å². The fourth-order valence-corrected chi connectivity index (χ4v) is 13.0. The topological polar surface area (TPSA) is 56.7 Å². The third kappa shape index (κ3) is 10.0. The van der Waals surface area contributed by atoms with Crippen LogP contribution in [-0.2, 0) is 26.5 Å². The Morgan fingerprint density at radius 3 is 2.01 bits per heavy atom. The van der Waals surface area contributed by atoms with E-state index in [2.05, 4.69) is 205 Å². The number of nitrogens with zero attached hydrogens (tertiary/aromatic N) is 4. The SMILES string of the molecule is CC(C)Cc1cc(-c2[c-]cccc2)nc[c]1[Ge]([CH3])([CH3])[CH3].Cc1ccc2c(n1)oc1c(-c3nc4ccccc4n3-c3c(C(C)C)cc(-c4ccc5ccccc5c4)cc3C(C)C)[c-]cc(C(C)C)c12.[Ir]. The number of aryl methyl sites for hydroxylation is 1. The molecule has 5 nitrogen and oxygen atoms in total. The van der Waals surface area contributed by atoms with Crippen LogP contribution in [0.1, 0.15) is 101 Å². The molecule has 0 amide bonds. The molecule has 0 bridgehead atoms. The van der Waals surface area contributed by atoms with Gasteiger partial charge in [0, 0.05) is 36.9 Å². The standard InChI is InChI=1S/C44H40N3O.C18H24GeN.Ir/c1-25(2)33-20-21-35(42-40(33)34-19-16-28(7)45-44(34)48-42)43-46-38-14-10-11-15-39(38)47(43)41-36(26(3)4)23-32(24-37(41)27(5)6)31-18-17-29-12-8-9-13-30(29)22-31;1-14(2)11-16-12-18(15-9-7-6-8-10-15)20-13-17(16)19(3,4)5;/h8-20,22-27H,1-7H3;6-9,12-14H,11H2,1-5H3;/q2*-1;. The van der Waals surface area contributed by atoms with Gasteiger partial charge in [-0.3, -0.25) is 4.98 Å². The first-order chi connectivity index (χ1) is 32.6. The Morgan fingerprint density at radius 1 is 0.667 bits per heavy atom. The smallest absolute Gasteiger partial charge is 0.216 e. The molecule has 353 valence electrons. The summed E-state index contributed by atoms with van der Waals surface area (Å²) < 4.78 is 10.6. The zero-order valence-electron chi connectivity index (χ0n) is 42.2. The van der Waals surface area contributed by atoms with Crippen LogP contribution in [-0.4, -0.2) is 32.8 Å². The number of rotatable bonds is 10. The van der Waals surface area contributed by atoms with Crippen LogP contribution in [0.2, 0.25) is 17.3 Å². The molecule has 4 aromatic heterocycles. The molecule has 1 radical (unpaired) electrons. The van der Waals surface area contributed by atoms with Crippen LogP contribution in [0.3, 0.4) is 0 Å². The van der Waals surface area contributed by atoms with Crippen LogP contribution >= 0.6 is 0 Å². The molecule has 0 spiro atoms. The zero-order valence-corrected chi connectivity index (χ0v) is 46.7. The number of hydrogen-bond donors (Lipinski definition) is 0. The molecule has 7 heteroatoms. The molecule has 0 aliphatic rings. The monoisotopic (exact) mass is 1150 g/mol. The van der Waals surface area contributed by atoms with Gasteiger partial charge in [-0.05, 0) is 94.3 Å². The molecule has 4 heterocycles. The average molecular weight is 1150 g/mol. The van der Waals surface area contributed by atoms with E-state index in [0.717, 1.165) is 62.1 Å². The average Bonchev–Trinajstić information content (AvgIpc) is 3.89. The molecule has 0 atom stereocenters. The number of para-hydroxylation sites is 2. The summed E-state index contributed by atoms with van der Waals surface area (Å²) in [6.07, 6.45) is 3.27. The fourth-order valence-electron chi connectivity index (χ4n) is 9.70. The van der Waals surface area contributed by atoms with Gasteiger partial charge in [-0.25, -0.2) is 4.98 Å². The summed E-state index contributed by atoms with van der Waals surface area (Å²) in [5, 5.41) is 4.63. The van der Waals surface area contributed by atoms with Crippen LogP contribution in [0.25, 0.3) is 83.3 Å². The van der Waals surface area contributed by atoms with Crippen molar-refractivity contribution in [1.29, 1.82) is 0 Å². The fraction of sp³-hybridized carbons (Fsp3) is 0.274. The summed E-state index contributed by atoms with van der Waals surface area (Å²) in [5.41, 5.74) is 16.3. The Morgan fingerprint density at radius 2 is 1.35 bits per heavy atom. The third-order valence-electron chi connectivity index (χ3n) is 13.1. The first-order valence-corrected chi connectivity index (χ1v) is 31.8. The van der Waals surface area contributed by atoms with Crippen LogP contribution < -0.4 is 4.40 Å². The normalized spacial score (nSPS) is 11.9. The molecule has 10 aromatic rings. The van der Waals surface area contributed by atoms with Gasteiger partial charge in [0.15, 0.2) is 0 Å². The number of pyridine rings is 2. The van der Waals surface area contributed by atoms with Crippen molar-refractivity contribution in [2.45, 2.75) is 104 Å². The Bertz CT molecular complexity index is 3420. The maximum absolute atomic E-state index is 6.67. The van der Waals surface area contributed by atoms with Gasteiger partial charge in [0.25, 0.3) is 0 Å². The van der Waals surface area contributed by atoms with E-state index in [1.54, 1.807) is 4.40 Å². The van der Waals surface area contributed by atoms with E-state index in [-0.39, 0.29) is 31.9 Å². The molecule has 0 fully saturated rings. The summed E-state index contributed by atoms with van der Waals surface area (Å²) in [6, 6.07) is 52.3. The Hall–Kier alpha value is -5.66. The van der Waals surface area contributed by atoms with Crippen LogP contribution in [0.4, 0.5) is 0 Å². The molecule has 10 rings (SSSR count). The molecule has 0 unspecified atom stereocenters. The summed E-state index contributed by atoms with van der Waals surface area (Å²) in [7, 11) is 0. The van der Waals surface area contributed by atoms with E-state index in [4.69, 9.17) is 19.4 Å². The van der Waals surface area contributed by atoms with E-state index in [1.165, 1.54) is 49.8 Å². The third-order valence-corrected chi connectivity index (χ3v) is 17.5. The molecule has 0 N–H and O–H groups in total. The van der Waals surface area contributed by atoms with Gasteiger partial charge in [-0.2, -0.15) is 0 Å². The van der Waals surface area contributed by atoms with Crippen molar-refractivity contribution in [1.82, 2.24) is 19.5 Å². The minimum Gasteiger partial charge on any atom is -0.486 e. The summed E-state index contributed by atoms with van der Waals surface area (Å²) in [5.74, 6) is 9.64. The van der Waals surface area contributed by atoms with E-state index in [1.807, 2.05) is 25.1 Å². The zero-order chi connectivity index (χ0) is 48.0. The first-order valence-electron chi connectivity index (χ1n) is 24.4. The van der Waals surface area contributed by atoms with Gasteiger partial charge < -0.3 is 8.98 Å². The quantitative estimate of drug-likeness (QED) is 0.101. The minimum absolute atomic E-state index is 0. The number of aromatic nitrogens is 4. The molecule has 6 aromatic carbocycles. The van der Waals surface area contributed by atoms with Gasteiger partial charge in [-0.1, -0.05) is 107 Å². The largest absolute Gasteiger partial charge is 0.486 e. The summed E-state index contributed by atoms with van der Waals surface area (Å²) >= 11 is -1.86. The second kappa shape index (κ2) is 20.4. The number of hydrogen-bond acceptors (Lipinski definition) is 4. The first kappa shape index (κ1) is 49.8. The molecule has 69 heavy (non-hydrogen) atoms. The van der Waals surface area contributed by atoms with E-state index in [0.29, 0.717) is 17.5 Å². The van der Waals surface area contributed by atoms with Crippen LogP contribution in [0.5, 0.6) is 0 Å². The number of fused-ring (bicyclic) bond motifs is 5. The summed E-state index contributed by atoms with van der Waals surface area (Å²) in [4.78, 5) is 14.8. The maximum Gasteiger partial charge on any atom is 0.216 e. The molecule has 0 saturated heterocycles. The van der Waals surface area contributed by atoms with Crippen molar-refractivity contribution in [3.05, 3.63) is 174 Å². The van der Waals surface area contributed by atoms with Gasteiger partial charge in [0.1, 0.15) is 0 Å². The Labute approximate surface area is 425 Å². The second-order valence-corrected chi connectivity index (χ2v) is 31.4. The second-order valence-electron chi connectivity index (χ2n) is 20.9. The molecule has 0 aliphatic heterocycles. The van der Waals surface area contributed by atoms with Crippen LogP contribution in [0, 0.1) is 25.0 Å². The van der Waals surface area contributed by atoms with Crippen LogP contribution in [0.15, 0.2) is 138 Å². The summed E-state index contributed by atoms with van der Waals surface area (Å²) in [6.45, 7) is 20.2. The molecular weight excluding hydrogens is 1080 g/mol. The van der Waals surface area contributed by atoms with E-state index < -0.39 is 13.3 Å². The number of benzene rings is 6. The molecule has 0 saturated carbocycles. The Kier molecular flexibility index (Phi) is 14.7. The van der Waals surface area contributed by atoms with Crippen molar-refractivity contribution in [3.8, 4) is 39.5 Å². The van der Waals surface area contributed by atoms with Crippen molar-refractivity contribution < 1.29 is 24.5 Å². The van der Waals surface area contributed by atoms with Gasteiger partial charge >= 0.3 is 126 Å². The maximum atomic E-state index is 6.67.